The topological polar surface area (TPSA) is 75.8 Å². The van der Waals surface area contributed by atoms with Crippen LogP contribution in [0, 0.1) is 5.41 Å². The molecule has 18 heavy (non-hydrogen) atoms. The van der Waals surface area contributed by atoms with Crippen LogP contribution in [0.2, 0.25) is 0 Å². The molecule has 0 aromatic rings. The minimum atomic E-state index is -0.497. The molecule has 0 aromatic heterocycles. The van der Waals surface area contributed by atoms with Crippen molar-refractivity contribution in [2.45, 2.75) is 52.2 Å². The first-order valence-electron chi connectivity index (χ1n) is 6.54. The van der Waals surface area contributed by atoms with Crippen LogP contribution in [0.3, 0.4) is 0 Å². The summed E-state index contributed by atoms with van der Waals surface area (Å²) in [4.78, 5) is 13.8. The van der Waals surface area contributed by atoms with Crippen LogP contribution in [0.4, 0.5) is 4.79 Å². The molecule has 0 saturated carbocycles. The normalized spacial score (nSPS) is 23.9. The van der Waals surface area contributed by atoms with Gasteiger partial charge in [-0.25, -0.2) is 4.79 Å². The van der Waals surface area contributed by atoms with Gasteiger partial charge in [0.05, 0.1) is 6.61 Å². The fourth-order valence-electron chi connectivity index (χ4n) is 2.34. The van der Waals surface area contributed by atoms with E-state index in [1.807, 2.05) is 27.7 Å². The van der Waals surface area contributed by atoms with Crippen LogP contribution < -0.4 is 5.73 Å². The van der Waals surface area contributed by atoms with Gasteiger partial charge in [-0.05, 0) is 33.6 Å². The van der Waals surface area contributed by atoms with Crippen LogP contribution in [-0.2, 0) is 4.74 Å². The molecule has 2 unspecified atom stereocenters. The number of aliphatic hydroxyl groups excluding tert-OH is 1. The quantitative estimate of drug-likeness (QED) is 0.801. The van der Waals surface area contributed by atoms with Gasteiger partial charge in [0.2, 0.25) is 0 Å². The van der Waals surface area contributed by atoms with Gasteiger partial charge in [0.15, 0.2) is 0 Å². The van der Waals surface area contributed by atoms with Gasteiger partial charge in [-0.1, -0.05) is 6.92 Å². The third-order valence-corrected chi connectivity index (χ3v) is 3.51. The molecule has 5 heteroatoms. The van der Waals surface area contributed by atoms with Crippen LogP contribution in [0.1, 0.15) is 40.5 Å². The Morgan fingerprint density at radius 3 is 2.50 bits per heavy atom. The van der Waals surface area contributed by atoms with Crippen LogP contribution in [0.25, 0.3) is 0 Å². The maximum absolute atomic E-state index is 12.1. The van der Waals surface area contributed by atoms with E-state index < -0.39 is 11.0 Å². The van der Waals surface area contributed by atoms with Gasteiger partial charge in [0.1, 0.15) is 5.60 Å². The molecule has 0 aromatic carbocycles. The maximum atomic E-state index is 12.1. The predicted octanol–water partition coefficient (Wildman–Crippen LogP) is 1.34. The molecule has 2 atom stereocenters. The highest BCUT2D eigenvalue weighted by atomic mass is 16.6. The zero-order chi connectivity index (χ0) is 14.0. The van der Waals surface area contributed by atoms with Crippen molar-refractivity contribution in [2.75, 3.05) is 19.7 Å². The first-order valence-corrected chi connectivity index (χ1v) is 6.54. The Morgan fingerprint density at radius 2 is 2.06 bits per heavy atom. The molecular formula is C13H26N2O3. The van der Waals surface area contributed by atoms with Crippen molar-refractivity contribution in [1.82, 2.24) is 4.90 Å². The number of hydrogen-bond donors (Lipinski definition) is 2. The van der Waals surface area contributed by atoms with E-state index in [-0.39, 0.29) is 18.7 Å². The number of carbonyl (C=O) groups is 1. The average molecular weight is 258 g/mol. The molecule has 0 bridgehead atoms. The fraction of sp³-hybridized carbons (Fsp3) is 0.923. The molecule has 1 fully saturated rings. The molecule has 0 spiro atoms. The maximum Gasteiger partial charge on any atom is 0.410 e. The third kappa shape index (κ3) is 3.36. The van der Waals surface area contributed by atoms with Gasteiger partial charge in [0, 0.05) is 24.5 Å². The number of amides is 1. The molecular weight excluding hydrogens is 232 g/mol. The average Bonchev–Trinajstić information content (AvgIpc) is 2.75. The van der Waals surface area contributed by atoms with Crippen molar-refractivity contribution in [1.29, 1.82) is 0 Å². The van der Waals surface area contributed by atoms with Crippen LogP contribution in [-0.4, -0.2) is 47.4 Å². The van der Waals surface area contributed by atoms with Gasteiger partial charge < -0.3 is 20.5 Å². The summed E-state index contributed by atoms with van der Waals surface area (Å²) in [5.74, 6) is 0. The molecule has 1 aliphatic heterocycles. The summed E-state index contributed by atoms with van der Waals surface area (Å²) in [6, 6.07) is -0.0395. The zero-order valence-electron chi connectivity index (χ0n) is 11.9. The first kappa shape index (κ1) is 15.2. The highest BCUT2D eigenvalue weighted by Gasteiger charge is 2.42. The van der Waals surface area contributed by atoms with Gasteiger partial charge in [0.25, 0.3) is 0 Å². The van der Waals surface area contributed by atoms with Gasteiger partial charge in [-0.2, -0.15) is 0 Å². The monoisotopic (exact) mass is 258 g/mol. The summed E-state index contributed by atoms with van der Waals surface area (Å²) >= 11 is 0. The van der Waals surface area contributed by atoms with Gasteiger partial charge >= 0.3 is 6.09 Å². The van der Waals surface area contributed by atoms with E-state index in [1.165, 1.54) is 0 Å². The van der Waals surface area contributed by atoms with E-state index in [0.717, 1.165) is 12.8 Å². The smallest absolute Gasteiger partial charge is 0.410 e. The zero-order valence-corrected chi connectivity index (χ0v) is 11.9. The van der Waals surface area contributed by atoms with Crippen molar-refractivity contribution in [2.24, 2.45) is 11.1 Å². The molecule has 3 N–H and O–H groups in total. The Labute approximate surface area is 109 Å². The molecule has 106 valence electrons. The number of nitrogens with zero attached hydrogens (tertiary/aromatic N) is 1. The van der Waals surface area contributed by atoms with E-state index in [1.54, 1.807) is 4.90 Å². The fourth-order valence-corrected chi connectivity index (χ4v) is 2.34. The van der Waals surface area contributed by atoms with E-state index in [4.69, 9.17) is 10.5 Å². The molecule has 0 aliphatic carbocycles. The Bertz CT molecular complexity index is 295. The molecule has 5 nitrogen and oxygen atoms in total. The number of carbonyl (C=O) groups excluding carboxylic acids is 1. The minimum Gasteiger partial charge on any atom is -0.444 e. The van der Waals surface area contributed by atoms with Crippen LogP contribution in [0.5, 0.6) is 0 Å². The largest absolute Gasteiger partial charge is 0.444 e. The van der Waals surface area contributed by atoms with Crippen LogP contribution >= 0.6 is 0 Å². The summed E-state index contributed by atoms with van der Waals surface area (Å²) in [7, 11) is 0. The number of ether oxygens (including phenoxy) is 1. The number of nitrogens with two attached hydrogens (primary N) is 1. The van der Waals surface area contributed by atoms with Crippen LogP contribution in [0.15, 0.2) is 0 Å². The van der Waals surface area contributed by atoms with Crippen molar-refractivity contribution in [3.05, 3.63) is 0 Å². The minimum absolute atomic E-state index is 0.0204. The highest BCUT2D eigenvalue weighted by molar-refractivity contribution is 5.69. The Morgan fingerprint density at radius 1 is 1.44 bits per heavy atom. The number of aliphatic hydroxyl groups is 1. The molecule has 1 saturated heterocycles. The first-order chi connectivity index (χ1) is 8.23. The van der Waals surface area contributed by atoms with Crippen molar-refractivity contribution in [3.63, 3.8) is 0 Å². The summed E-state index contributed by atoms with van der Waals surface area (Å²) in [6.07, 6.45) is 1.49. The predicted molar refractivity (Wildman–Crippen MR) is 70.2 cm³/mol. The second kappa shape index (κ2) is 5.45. The second-order valence-electron chi connectivity index (χ2n) is 6.35. The Kier molecular flexibility index (Phi) is 4.61. The summed E-state index contributed by atoms with van der Waals surface area (Å²) < 4.78 is 5.40. The van der Waals surface area contributed by atoms with Crippen molar-refractivity contribution >= 4 is 6.09 Å². The molecule has 1 aliphatic rings. The lowest BCUT2D eigenvalue weighted by Crippen LogP contribution is -2.51. The lowest BCUT2D eigenvalue weighted by Gasteiger charge is -2.38. The second-order valence-corrected chi connectivity index (χ2v) is 6.35. The van der Waals surface area contributed by atoms with E-state index in [0.29, 0.717) is 13.1 Å². The molecule has 1 rings (SSSR count). The van der Waals surface area contributed by atoms with E-state index >= 15 is 0 Å². The molecule has 1 amide bonds. The van der Waals surface area contributed by atoms with Crippen molar-refractivity contribution in [3.8, 4) is 0 Å². The molecule has 1 heterocycles. The van der Waals surface area contributed by atoms with E-state index in [2.05, 4.69) is 0 Å². The van der Waals surface area contributed by atoms with Crippen molar-refractivity contribution < 1.29 is 14.6 Å². The molecule has 0 radical (unpaired) electrons. The SMILES string of the molecule is CC(C)(C)OC(=O)N1CCCC1C(C)(CN)CO. The number of rotatable bonds is 3. The Hall–Kier alpha value is -0.810. The summed E-state index contributed by atoms with van der Waals surface area (Å²) in [5, 5.41) is 9.52. The number of likely N-dealkylation sites (tertiary alicyclic amines) is 1. The Balaban J connectivity index is 2.79. The van der Waals surface area contributed by atoms with Gasteiger partial charge in [-0.3, -0.25) is 0 Å². The highest BCUT2D eigenvalue weighted by Crippen LogP contribution is 2.33. The van der Waals surface area contributed by atoms with E-state index in [9.17, 15) is 9.90 Å². The standard InChI is InChI=1S/C13H26N2O3/c1-12(2,3)18-11(17)15-7-5-6-10(15)13(4,8-14)9-16/h10,16H,5-9,14H2,1-4H3. The number of hydrogen-bond acceptors (Lipinski definition) is 4. The summed E-state index contributed by atoms with van der Waals surface area (Å²) in [6.45, 7) is 8.48. The third-order valence-electron chi connectivity index (χ3n) is 3.51. The lowest BCUT2D eigenvalue weighted by molar-refractivity contribution is 0.0000665. The summed E-state index contributed by atoms with van der Waals surface area (Å²) in [5.41, 5.74) is 4.80. The lowest BCUT2D eigenvalue weighted by atomic mass is 9.82. The van der Waals surface area contributed by atoms with Gasteiger partial charge in [-0.15, -0.1) is 0 Å².